The molecule has 0 fully saturated rings. The van der Waals surface area contributed by atoms with Gasteiger partial charge in [0, 0.05) is 22.6 Å². The standard InChI is InChI=1S/C21H10F12N2O2.Cu/c1-8-15(16(36)9-2-10(18(22,23)24)4-11(3-9)19(25,26)27)17(37)35(34-8)14-6-12(20(28,29)30)5-13(7-14)21(31,32)33;/h2-7,37H,1H3;. The van der Waals surface area contributed by atoms with Crippen molar-refractivity contribution in [2.45, 2.75) is 31.6 Å². The molecular formula is C21H10CuF12N2O2. The Morgan fingerprint density at radius 3 is 1.37 bits per heavy atom. The predicted molar refractivity (Wildman–Crippen MR) is 99.8 cm³/mol. The van der Waals surface area contributed by atoms with E-state index < -0.39 is 81.1 Å². The van der Waals surface area contributed by atoms with E-state index in [9.17, 15) is 62.6 Å². The summed E-state index contributed by atoms with van der Waals surface area (Å²) in [7, 11) is 0. The van der Waals surface area contributed by atoms with Gasteiger partial charge in [-0.2, -0.15) is 57.8 Å². The summed E-state index contributed by atoms with van der Waals surface area (Å²) in [6.07, 6.45) is -21.2. The van der Waals surface area contributed by atoms with Crippen LogP contribution in [0.1, 0.15) is 43.9 Å². The molecule has 17 heteroatoms. The van der Waals surface area contributed by atoms with Gasteiger partial charge in [0.15, 0.2) is 5.78 Å². The first-order valence-electron chi connectivity index (χ1n) is 9.53. The number of rotatable bonds is 3. The zero-order valence-corrected chi connectivity index (χ0v) is 19.0. The Balaban J connectivity index is 0.00000507. The van der Waals surface area contributed by atoms with Crippen molar-refractivity contribution in [2.75, 3.05) is 0 Å². The minimum atomic E-state index is -5.33. The van der Waals surface area contributed by atoms with Crippen LogP contribution in [0.2, 0.25) is 0 Å². The Morgan fingerprint density at radius 2 is 1.03 bits per heavy atom. The number of ketones is 1. The monoisotopic (exact) mass is 613 g/mol. The first-order chi connectivity index (χ1) is 16.6. The van der Waals surface area contributed by atoms with Gasteiger partial charge in [-0.3, -0.25) is 4.79 Å². The van der Waals surface area contributed by atoms with E-state index in [2.05, 4.69) is 5.10 Å². The van der Waals surface area contributed by atoms with Crippen molar-refractivity contribution in [1.82, 2.24) is 9.78 Å². The van der Waals surface area contributed by atoms with E-state index in [0.717, 1.165) is 6.92 Å². The van der Waals surface area contributed by atoms with Crippen LogP contribution in [0, 0.1) is 6.92 Å². The number of aryl methyl sites for hydroxylation is 1. The summed E-state index contributed by atoms with van der Waals surface area (Å²) in [5, 5.41) is 13.9. The van der Waals surface area contributed by atoms with Crippen LogP contribution in [0.3, 0.4) is 0 Å². The molecule has 0 amide bonds. The van der Waals surface area contributed by atoms with Crippen molar-refractivity contribution < 1.29 is 79.7 Å². The van der Waals surface area contributed by atoms with Gasteiger partial charge in [0.1, 0.15) is 5.56 Å². The first-order valence-corrected chi connectivity index (χ1v) is 9.53. The zero-order valence-electron chi connectivity index (χ0n) is 18.1. The maximum absolute atomic E-state index is 13.2. The summed E-state index contributed by atoms with van der Waals surface area (Å²) < 4.78 is 158. The van der Waals surface area contributed by atoms with Gasteiger partial charge >= 0.3 is 24.7 Å². The smallest absolute Gasteiger partial charge is 0.416 e. The molecule has 4 nitrogen and oxygen atoms in total. The molecule has 0 bridgehead atoms. The molecule has 0 aliphatic carbocycles. The fourth-order valence-electron chi connectivity index (χ4n) is 3.25. The number of halogens is 12. The molecule has 0 atom stereocenters. The number of hydrogen-bond donors (Lipinski definition) is 1. The minimum absolute atomic E-state index is 0. The van der Waals surface area contributed by atoms with E-state index in [1.807, 2.05) is 0 Å². The number of carbonyl (C=O) groups excluding carboxylic acids is 1. The maximum atomic E-state index is 13.2. The summed E-state index contributed by atoms with van der Waals surface area (Å²) in [6.45, 7) is 0.903. The number of aromatic hydroxyl groups is 1. The van der Waals surface area contributed by atoms with E-state index in [1.165, 1.54) is 0 Å². The van der Waals surface area contributed by atoms with Gasteiger partial charge in [-0.05, 0) is 43.3 Å². The maximum Gasteiger partial charge on any atom is 0.416 e. The molecule has 0 spiro atoms. The molecule has 3 rings (SSSR count). The second-order valence-corrected chi connectivity index (χ2v) is 7.58. The molecule has 1 radical (unpaired) electrons. The molecular weight excluding hydrogens is 604 g/mol. The molecule has 0 unspecified atom stereocenters. The third kappa shape index (κ3) is 6.26. The van der Waals surface area contributed by atoms with Gasteiger partial charge in [0.05, 0.1) is 33.6 Å². The SMILES string of the molecule is Cc1nn(-c2cc(C(F)(F)F)cc(C(F)(F)F)c2)c(O)c1C(=O)c1cc(C(F)(F)F)cc(C(F)(F)F)c1.[Cu]. The summed E-state index contributed by atoms with van der Waals surface area (Å²) in [4.78, 5) is 12.8. The minimum Gasteiger partial charge on any atom is -0.493 e. The van der Waals surface area contributed by atoms with Crippen molar-refractivity contribution in [3.63, 3.8) is 0 Å². The Labute approximate surface area is 214 Å². The number of benzene rings is 2. The third-order valence-electron chi connectivity index (χ3n) is 4.93. The molecule has 1 heterocycles. The molecule has 2 aromatic carbocycles. The van der Waals surface area contributed by atoms with Crippen LogP contribution in [0.5, 0.6) is 5.88 Å². The third-order valence-corrected chi connectivity index (χ3v) is 4.93. The second-order valence-electron chi connectivity index (χ2n) is 7.58. The fourth-order valence-corrected chi connectivity index (χ4v) is 3.25. The molecule has 0 saturated heterocycles. The van der Waals surface area contributed by atoms with Gasteiger partial charge in [-0.15, -0.1) is 0 Å². The predicted octanol–water partition coefficient (Wildman–Crippen LogP) is 7.19. The van der Waals surface area contributed by atoms with Gasteiger partial charge < -0.3 is 5.11 Å². The van der Waals surface area contributed by atoms with E-state index in [1.54, 1.807) is 0 Å². The van der Waals surface area contributed by atoms with Crippen LogP contribution in [0.4, 0.5) is 52.7 Å². The number of aromatic nitrogens is 2. The zero-order chi connectivity index (χ0) is 28.3. The van der Waals surface area contributed by atoms with Crippen LogP contribution in [0.25, 0.3) is 5.69 Å². The second kappa shape index (κ2) is 9.84. The van der Waals surface area contributed by atoms with Crippen molar-refractivity contribution in [2.24, 2.45) is 0 Å². The van der Waals surface area contributed by atoms with Gasteiger partial charge in [0.25, 0.3) is 0 Å². The van der Waals surface area contributed by atoms with Crippen molar-refractivity contribution in [3.8, 4) is 11.6 Å². The number of alkyl halides is 12. The summed E-state index contributed by atoms with van der Waals surface area (Å²) in [6, 6.07) is -0.137. The Kier molecular flexibility index (Phi) is 8.03. The molecule has 1 aromatic heterocycles. The summed E-state index contributed by atoms with van der Waals surface area (Å²) in [5.74, 6) is -3.07. The largest absolute Gasteiger partial charge is 0.493 e. The van der Waals surface area contributed by atoms with Gasteiger partial charge in [-0.25, -0.2) is 4.68 Å². The van der Waals surface area contributed by atoms with Crippen LogP contribution in [-0.2, 0) is 41.8 Å². The molecule has 38 heavy (non-hydrogen) atoms. The van der Waals surface area contributed by atoms with Crippen LogP contribution >= 0.6 is 0 Å². The Bertz CT molecular complexity index is 1300. The quantitative estimate of drug-likeness (QED) is 0.193. The average Bonchev–Trinajstić information content (AvgIpc) is 3.04. The van der Waals surface area contributed by atoms with E-state index in [-0.39, 0.29) is 58.1 Å². The fraction of sp³-hybridized carbons (Fsp3) is 0.238. The average molecular weight is 614 g/mol. The van der Waals surface area contributed by atoms with E-state index in [4.69, 9.17) is 0 Å². The summed E-state index contributed by atoms with van der Waals surface area (Å²) in [5.41, 5.74) is -11.3. The molecule has 1 N–H and O–H groups in total. The molecule has 211 valence electrons. The van der Waals surface area contributed by atoms with Crippen molar-refractivity contribution >= 4 is 5.78 Å². The normalized spacial score (nSPS) is 12.9. The number of nitrogens with zero attached hydrogens (tertiary/aromatic N) is 2. The van der Waals surface area contributed by atoms with E-state index in [0.29, 0.717) is 0 Å². The van der Waals surface area contributed by atoms with Crippen LogP contribution < -0.4 is 0 Å². The molecule has 0 aliphatic rings. The van der Waals surface area contributed by atoms with Gasteiger partial charge in [-0.1, -0.05) is 0 Å². The summed E-state index contributed by atoms with van der Waals surface area (Å²) >= 11 is 0. The molecule has 0 aliphatic heterocycles. The van der Waals surface area contributed by atoms with Crippen LogP contribution in [-0.4, -0.2) is 20.7 Å². The Morgan fingerprint density at radius 1 is 0.684 bits per heavy atom. The van der Waals surface area contributed by atoms with Crippen LogP contribution in [0.15, 0.2) is 36.4 Å². The molecule has 3 aromatic rings. The van der Waals surface area contributed by atoms with Gasteiger partial charge in [0.2, 0.25) is 5.88 Å². The van der Waals surface area contributed by atoms with Crippen molar-refractivity contribution in [1.29, 1.82) is 0 Å². The van der Waals surface area contributed by atoms with E-state index >= 15 is 0 Å². The number of carbonyl (C=O) groups is 1. The first kappa shape index (κ1) is 31.0. The number of hydrogen-bond acceptors (Lipinski definition) is 3. The Hall–Kier alpha value is -3.20. The van der Waals surface area contributed by atoms with Crippen molar-refractivity contribution in [3.05, 3.63) is 75.5 Å². The topological polar surface area (TPSA) is 55.1 Å². The molecule has 0 saturated carbocycles.